The van der Waals surface area contributed by atoms with Crippen LogP contribution in [-0.4, -0.2) is 143 Å². The van der Waals surface area contributed by atoms with Crippen LogP contribution in [0.2, 0.25) is 0 Å². The maximum Gasteiger partial charge on any atom is 0.324 e. The number of carbonyl (C=O) groups is 3. The van der Waals surface area contributed by atoms with Crippen LogP contribution in [0.25, 0.3) is 33.4 Å². The number of aromatic nitrogens is 4. The number of cyclic esters (lactones) is 1. The van der Waals surface area contributed by atoms with Crippen LogP contribution in [0.3, 0.4) is 0 Å². The molecule has 5 aromatic rings. The monoisotopic (exact) mass is 1090 g/mol. The number of thiazole rings is 1. The van der Waals surface area contributed by atoms with Crippen LogP contribution >= 0.6 is 11.3 Å². The highest BCUT2D eigenvalue weighted by atomic mass is 32.1. The van der Waals surface area contributed by atoms with Gasteiger partial charge in [0.15, 0.2) is 0 Å². The van der Waals surface area contributed by atoms with Crippen molar-refractivity contribution in [3.63, 3.8) is 0 Å². The van der Waals surface area contributed by atoms with Crippen LogP contribution in [-0.2, 0) is 51.0 Å². The normalized spacial score (nSPS) is 27.1. The Morgan fingerprint density at radius 2 is 1.82 bits per heavy atom. The van der Waals surface area contributed by atoms with E-state index in [1.54, 1.807) is 13.3 Å². The maximum absolute atomic E-state index is 15.0. The Hall–Kier alpha value is -5.34. The Bertz CT molecular complexity index is 2970. The second-order valence-electron chi connectivity index (χ2n) is 23.9. The standard InChI is InChI=1S/C60H79N9O8S/c1-9-74-54-52(64-55(70)50-36(2)49(50)45-13-10-11-20-61-45)57(71)69-21-12-14-46(65-69)58(72)76-35-59(4,5)32-44-42-29-38(47-34-78-56(54)63-47)15-18-48(42)68(26-28-75-41-19-27-77-60(6,7)31-41)53(44)43-30-40(33-62-51(43)37(3)73-8)67-24-22-66(23-25-67)39-16-17-39/h10-11,13,15,18,20,29-30,33-34,36-37,39,41,46,49-50,52,54,65H,9,12,14,16-17,19,21-28,31-32,35H2,1-8H3,(H,64,70)/t36-,37-,41+,46-,49-,50+,52-,54-/m0/s1. The third-order valence-corrected chi connectivity index (χ3v) is 18.0. The second-order valence-corrected chi connectivity index (χ2v) is 24.8. The maximum atomic E-state index is 15.0. The van der Waals surface area contributed by atoms with Crippen LogP contribution in [0.15, 0.2) is 60.2 Å². The number of rotatable bonds is 14. The number of hydrogen-bond donors (Lipinski definition) is 2. The van der Waals surface area contributed by atoms with Gasteiger partial charge in [0.1, 0.15) is 23.2 Å². The predicted molar refractivity (Wildman–Crippen MR) is 300 cm³/mol. The van der Waals surface area contributed by atoms with E-state index in [9.17, 15) is 9.59 Å². The first-order valence-electron chi connectivity index (χ1n) is 28.6. The van der Waals surface area contributed by atoms with Gasteiger partial charge in [0, 0.05) is 129 Å². The average molecular weight is 1090 g/mol. The van der Waals surface area contributed by atoms with E-state index < -0.39 is 35.5 Å². The molecule has 18 heteroatoms. The van der Waals surface area contributed by atoms with E-state index in [-0.39, 0.29) is 54.7 Å². The molecule has 3 saturated heterocycles. The number of hydrogen-bond acceptors (Lipinski definition) is 15. The number of ether oxygens (including phenoxy) is 5. The molecule has 78 heavy (non-hydrogen) atoms. The third kappa shape index (κ3) is 11.5. The first-order valence-corrected chi connectivity index (χ1v) is 29.4. The summed E-state index contributed by atoms with van der Waals surface area (Å²) in [6.45, 7) is 20.8. The minimum Gasteiger partial charge on any atom is -0.464 e. The molecule has 0 unspecified atom stereocenters. The summed E-state index contributed by atoms with van der Waals surface area (Å²) in [5.74, 6) is -1.55. The fourth-order valence-electron chi connectivity index (χ4n) is 12.6. The highest BCUT2D eigenvalue weighted by Crippen LogP contribution is 2.53. The molecule has 4 aromatic heterocycles. The second kappa shape index (κ2) is 22.7. The number of nitrogens with zero attached hydrogens (tertiary/aromatic N) is 7. The summed E-state index contributed by atoms with van der Waals surface area (Å²) in [7, 11) is 1.74. The molecule has 4 aliphatic heterocycles. The highest BCUT2D eigenvalue weighted by molar-refractivity contribution is 7.10. The van der Waals surface area contributed by atoms with E-state index in [4.69, 9.17) is 33.7 Å². The minimum absolute atomic E-state index is 0.0211. The first kappa shape index (κ1) is 54.6. The third-order valence-electron chi connectivity index (χ3n) is 17.1. The number of anilines is 1. The van der Waals surface area contributed by atoms with E-state index in [0.29, 0.717) is 50.6 Å². The predicted octanol–water partition coefficient (Wildman–Crippen LogP) is 8.42. The quantitative estimate of drug-likeness (QED) is 0.101. The molecular weight excluding hydrogens is 1010 g/mol. The molecule has 1 aromatic carbocycles. The van der Waals surface area contributed by atoms with Crippen molar-refractivity contribution >= 4 is 45.7 Å². The number of esters is 1. The SMILES string of the molecule is CCO[C@@H]1c2nc(cs2)-c2ccc3c(c2)c(c(-c2cc(N4CCN(C5CC5)CC4)cnc2[C@H](C)OC)n3CCO[C@@H]2CCOC(C)(C)C2)CC(C)(C)COC(=O)[C@@H]2CCCN(N2)C(=O)[C@H]1NC(=O)[C@@H]1[C@@H](C)[C@H]1c1ccccn1. The summed E-state index contributed by atoms with van der Waals surface area (Å²) in [6.07, 6.45) is 8.36. The number of methoxy groups -OCH3 is 1. The number of fused-ring (bicyclic) bond motifs is 6. The summed E-state index contributed by atoms with van der Waals surface area (Å²) in [4.78, 5) is 64.1. The van der Waals surface area contributed by atoms with Crippen molar-refractivity contribution in [2.75, 3.05) is 71.2 Å². The summed E-state index contributed by atoms with van der Waals surface area (Å²) >= 11 is 1.40. The van der Waals surface area contributed by atoms with Gasteiger partial charge < -0.3 is 38.5 Å². The van der Waals surface area contributed by atoms with E-state index in [2.05, 4.69) is 89.0 Å². The Balaban J connectivity index is 1.03. The Kier molecular flexibility index (Phi) is 15.9. The molecule has 2 amide bonds. The molecule has 17 nitrogen and oxygen atoms in total. The number of pyridine rings is 2. The zero-order valence-corrected chi connectivity index (χ0v) is 47.6. The summed E-state index contributed by atoms with van der Waals surface area (Å²) in [5, 5.41) is 8.24. The summed E-state index contributed by atoms with van der Waals surface area (Å²) < 4.78 is 34.3. The van der Waals surface area contributed by atoms with Crippen LogP contribution in [0.1, 0.15) is 127 Å². The zero-order valence-electron chi connectivity index (χ0n) is 46.8. The molecule has 418 valence electrons. The molecule has 11 rings (SSSR count). The Labute approximate surface area is 463 Å². The van der Waals surface area contributed by atoms with Crippen LogP contribution < -0.4 is 15.6 Å². The van der Waals surface area contributed by atoms with Gasteiger partial charge in [-0.1, -0.05) is 32.9 Å². The molecule has 2 aliphatic carbocycles. The molecule has 8 atom stereocenters. The molecule has 0 spiro atoms. The lowest BCUT2D eigenvalue weighted by molar-refractivity contribution is -0.156. The zero-order chi connectivity index (χ0) is 54.5. The molecule has 2 saturated carbocycles. The molecule has 6 bridgehead atoms. The van der Waals surface area contributed by atoms with Crippen molar-refractivity contribution in [3.8, 4) is 22.5 Å². The van der Waals surface area contributed by atoms with Crippen LogP contribution in [0.5, 0.6) is 0 Å². The van der Waals surface area contributed by atoms with Crippen molar-refractivity contribution in [1.29, 1.82) is 0 Å². The molecular formula is C60H79N9O8S. The van der Waals surface area contributed by atoms with Crippen LogP contribution in [0.4, 0.5) is 5.69 Å². The van der Waals surface area contributed by atoms with Gasteiger partial charge in [0.25, 0.3) is 5.91 Å². The van der Waals surface area contributed by atoms with E-state index in [0.717, 1.165) is 101 Å². The minimum atomic E-state index is -1.16. The van der Waals surface area contributed by atoms with Crippen molar-refractivity contribution in [3.05, 3.63) is 82.2 Å². The van der Waals surface area contributed by atoms with Gasteiger partial charge in [-0.3, -0.25) is 34.3 Å². The fourth-order valence-corrected chi connectivity index (χ4v) is 13.5. The Morgan fingerprint density at radius 1 is 1.00 bits per heavy atom. The van der Waals surface area contributed by atoms with Gasteiger partial charge in [-0.05, 0) is 108 Å². The van der Waals surface area contributed by atoms with Crippen molar-refractivity contribution < 1.29 is 38.1 Å². The number of carbonyl (C=O) groups excluding carboxylic acids is 3. The topological polar surface area (TPSA) is 175 Å². The summed E-state index contributed by atoms with van der Waals surface area (Å²) in [5.41, 5.74) is 10.9. The first-order chi connectivity index (χ1) is 37.6. The number of piperazine rings is 1. The summed E-state index contributed by atoms with van der Waals surface area (Å²) in [6, 6.07) is 13.4. The number of benzene rings is 1. The van der Waals surface area contributed by atoms with Crippen molar-refractivity contribution in [2.45, 2.75) is 148 Å². The number of nitrogens with one attached hydrogen (secondary N) is 2. The number of hydrazine groups is 1. The van der Waals surface area contributed by atoms with Crippen LogP contribution in [0, 0.1) is 17.3 Å². The number of amides is 2. The lowest BCUT2D eigenvalue weighted by atomic mass is 9.84. The molecule has 0 radical (unpaired) electrons. The van der Waals surface area contributed by atoms with Gasteiger partial charge in [-0.25, -0.2) is 10.4 Å². The Morgan fingerprint density at radius 3 is 2.56 bits per heavy atom. The van der Waals surface area contributed by atoms with Gasteiger partial charge in [0.05, 0.1) is 60.0 Å². The molecule has 2 N–H and O–H groups in total. The molecule has 6 aliphatic rings. The van der Waals surface area contributed by atoms with E-state index >= 15 is 4.79 Å². The van der Waals surface area contributed by atoms with Gasteiger partial charge in [0.2, 0.25) is 5.91 Å². The van der Waals surface area contributed by atoms with Crippen molar-refractivity contribution in [2.24, 2.45) is 17.3 Å². The lowest BCUT2D eigenvalue weighted by Crippen LogP contribution is -2.61. The van der Waals surface area contributed by atoms with Gasteiger partial charge >= 0.3 is 5.97 Å². The molecule has 5 fully saturated rings. The van der Waals surface area contributed by atoms with E-state index in [1.165, 1.54) is 29.2 Å². The fraction of sp³-hybridized carbons (Fsp3) is 0.600. The smallest absolute Gasteiger partial charge is 0.324 e. The van der Waals surface area contributed by atoms with Gasteiger partial charge in [-0.2, -0.15) is 0 Å². The average Bonchev–Trinajstić information content (AvgIpc) is 4.50. The largest absolute Gasteiger partial charge is 0.464 e. The van der Waals surface area contributed by atoms with Gasteiger partial charge in [-0.15, -0.1) is 11.3 Å². The van der Waals surface area contributed by atoms with Crippen molar-refractivity contribution in [1.82, 2.24) is 40.2 Å². The molecule has 8 heterocycles. The highest BCUT2D eigenvalue weighted by Gasteiger charge is 2.54. The van der Waals surface area contributed by atoms with E-state index in [1.807, 2.05) is 43.6 Å². The lowest BCUT2D eigenvalue weighted by Gasteiger charge is -2.37.